The van der Waals surface area contributed by atoms with E-state index in [1.165, 1.54) is 24.3 Å². The van der Waals surface area contributed by atoms with Crippen LogP contribution < -0.4 is 10.6 Å². The molecule has 1 amide bonds. The van der Waals surface area contributed by atoms with Crippen LogP contribution in [-0.4, -0.2) is 41.6 Å². The Bertz CT molecular complexity index is 219. The summed E-state index contributed by atoms with van der Waals surface area (Å²) in [6.45, 7) is 0.877. The standard InChI is InChI=1S/C10H18N2OS2.ClH/c13-10(9-6-15-7-12-9)11-5-8-1-3-14-4-2-8;/h8-9,12H,1-7H2,(H,11,13);1H/t9-;/m1./s1. The molecule has 0 radical (unpaired) electrons. The second kappa shape index (κ2) is 7.69. The molecule has 0 aliphatic carbocycles. The van der Waals surface area contributed by atoms with Crippen LogP contribution in [0.5, 0.6) is 0 Å². The lowest BCUT2D eigenvalue weighted by Gasteiger charge is -2.22. The number of hydrogen-bond donors (Lipinski definition) is 2. The highest BCUT2D eigenvalue weighted by atomic mass is 35.5. The van der Waals surface area contributed by atoms with Crippen molar-refractivity contribution in [3.8, 4) is 0 Å². The first kappa shape index (κ1) is 14.5. The van der Waals surface area contributed by atoms with E-state index in [9.17, 15) is 4.79 Å². The molecule has 94 valence electrons. The number of thioether (sulfide) groups is 2. The summed E-state index contributed by atoms with van der Waals surface area (Å²) >= 11 is 3.83. The molecule has 2 aliphatic heterocycles. The summed E-state index contributed by atoms with van der Waals surface area (Å²) in [6.07, 6.45) is 2.52. The summed E-state index contributed by atoms with van der Waals surface area (Å²) < 4.78 is 0. The van der Waals surface area contributed by atoms with Crippen LogP contribution in [0.1, 0.15) is 12.8 Å². The van der Waals surface area contributed by atoms with E-state index in [4.69, 9.17) is 0 Å². The zero-order chi connectivity index (χ0) is 10.5. The van der Waals surface area contributed by atoms with Gasteiger partial charge in [-0.25, -0.2) is 0 Å². The van der Waals surface area contributed by atoms with Gasteiger partial charge in [-0.2, -0.15) is 11.8 Å². The number of halogens is 1. The summed E-state index contributed by atoms with van der Waals surface area (Å²) in [5.41, 5.74) is 0. The first-order valence-electron chi connectivity index (χ1n) is 5.53. The molecule has 0 aromatic heterocycles. The van der Waals surface area contributed by atoms with Crippen LogP contribution in [0.2, 0.25) is 0 Å². The van der Waals surface area contributed by atoms with Gasteiger partial charge in [-0.3, -0.25) is 10.1 Å². The Labute approximate surface area is 112 Å². The second-order valence-corrected chi connectivity index (χ2v) is 6.33. The van der Waals surface area contributed by atoms with Crippen molar-refractivity contribution in [3.05, 3.63) is 0 Å². The Morgan fingerprint density at radius 2 is 2.06 bits per heavy atom. The van der Waals surface area contributed by atoms with Gasteiger partial charge in [0.15, 0.2) is 0 Å². The van der Waals surface area contributed by atoms with Gasteiger partial charge in [0.25, 0.3) is 0 Å². The molecule has 2 fully saturated rings. The predicted molar refractivity (Wildman–Crippen MR) is 74.6 cm³/mol. The highest BCUT2D eigenvalue weighted by Crippen LogP contribution is 2.21. The van der Waals surface area contributed by atoms with E-state index in [0.717, 1.165) is 18.2 Å². The molecule has 3 nitrogen and oxygen atoms in total. The fourth-order valence-electron chi connectivity index (χ4n) is 1.88. The van der Waals surface area contributed by atoms with Crippen LogP contribution in [0.4, 0.5) is 0 Å². The fraction of sp³-hybridized carbons (Fsp3) is 0.900. The second-order valence-electron chi connectivity index (χ2n) is 4.07. The molecule has 0 unspecified atom stereocenters. The molecular formula is C10H19ClN2OS2. The SMILES string of the molecule is Cl.O=C(NCC1CCSCC1)[C@H]1CSCN1. The van der Waals surface area contributed by atoms with E-state index >= 15 is 0 Å². The third-order valence-electron chi connectivity index (χ3n) is 2.94. The van der Waals surface area contributed by atoms with Crippen LogP contribution in [0, 0.1) is 5.92 Å². The Hall–Kier alpha value is 0.420. The first-order chi connectivity index (χ1) is 7.36. The van der Waals surface area contributed by atoms with Crippen molar-refractivity contribution in [3.63, 3.8) is 0 Å². The molecule has 0 aromatic rings. The molecule has 6 heteroatoms. The average molecular weight is 283 g/mol. The van der Waals surface area contributed by atoms with Gasteiger partial charge in [0, 0.05) is 18.2 Å². The summed E-state index contributed by atoms with van der Waals surface area (Å²) in [7, 11) is 0. The summed E-state index contributed by atoms with van der Waals surface area (Å²) in [6, 6.07) is 0.0490. The van der Waals surface area contributed by atoms with E-state index in [0.29, 0.717) is 5.92 Å². The van der Waals surface area contributed by atoms with Crippen LogP contribution in [-0.2, 0) is 4.79 Å². The van der Waals surface area contributed by atoms with Gasteiger partial charge in [0.1, 0.15) is 0 Å². The lowest BCUT2D eigenvalue weighted by Crippen LogP contribution is -2.43. The lowest BCUT2D eigenvalue weighted by atomic mass is 10.0. The van der Waals surface area contributed by atoms with Gasteiger partial charge in [0.2, 0.25) is 5.91 Å². The molecule has 2 rings (SSSR count). The van der Waals surface area contributed by atoms with Crippen LogP contribution in [0.15, 0.2) is 0 Å². The molecule has 0 bridgehead atoms. The Kier molecular flexibility index (Phi) is 6.96. The third-order valence-corrected chi connectivity index (χ3v) is 4.93. The van der Waals surface area contributed by atoms with Crippen molar-refractivity contribution in [2.24, 2.45) is 5.92 Å². The van der Waals surface area contributed by atoms with Crippen molar-refractivity contribution in [1.82, 2.24) is 10.6 Å². The molecule has 0 spiro atoms. The summed E-state index contributed by atoms with van der Waals surface area (Å²) in [5.74, 6) is 5.27. The highest BCUT2D eigenvalue weighted by Gasteiger charge is 2.23. The Balaban J connectivity index is 0.00000128. The maximum atomic E-state index is 11.7. The Morgan fingerprint density at radius 3 is 2.69 bits per heavy atom. The minimum atomic E-state index is 0. The van der Waals surface area contributed by atoms with Crippen molar-refractivity contribution in [1.29, 1.82) is 0 Å². The molecule has 2 aliphatic rings. The minimum Gasteiger partial charge on any atom is -0.354 e. The average Bonchev–Trinajstić information content (AvgIpc) is 2.81. The number of carbonyl (C=O) groups is 1. The molecule has 2 N–H and O–H groups in total. The van der Waals surface area contributed by atoms with Crippen molar-refractivity contribution >= 4 is 41.8 Å². The van der Waals surface area contributed by atoms with Crippen LogP contribution in [0.3, 0.4) is 0 Å². The molecule has 2 saturated heterocycles. The maximum absolute atomic E-state index is 11.7. The summed E-state index contributed by atoms with van der Waals surface area (Å²) in [4.78, 5) is 11.7. The van der Waals surface area contributed by atoms with Crippen molar-refractivity contribution in [2.45, 2.75) is 18.9 Å². The molecule has 16 heavy (non-hydrogen) atoms. The predicted octanol–water partition coefficient (Wildman–Crippen LogP) is 1.33. The van der Waals surface area contributed by atoms with Gasteiger partial charge in [-0.15, -0.1) is 24.2 Å². The fourth-order valence-corrected chi connectivity index (χ4v) is 4.03. The van der Waals surface area contributed by atoms with E-state index in [-0.39, 0.29) is 24.4 Å². The monoisotopic (exact) mass is 282 g/mol. The van der Waals surface area contributed by atoms with E-state index in [1.54, 1.807) is 11.8 Å². The minimum absolute atomic E-state index is 0. The van der Waals surface area contributed by atoms with E-state index in [2.05, 4.69) is 10.6 Å². The van der Waals surface area contributed by atoms with Crippen LogP contribution >= 0.6 is 35.9 Å². The third kappa shape index (κ3) is 4.35. The molecular weight excluding hydrogens is 264 g/mol. The number of hydrogen-bond acceptors (Lipinski definition) is 4. The van der Waals surface area contributed by atoms with Gasteiger partial charge in [-0.1, -0.05) is 0 Å². The number of amides is 1. The van der Waals surface area contributed by atoms with Crippen LogP contribution in [0.25, 0.3) is 0 Å². The zero-order valence-electron chi connectivity index (χ0n) is 9.24. The van der Waals surface area contributed by atoms with E-state index in [1.807, 2.05) is 11.8 Å². The summed E-state index contributed by atoms with van der Waals surface area (Å²) in [5, 5.41) is 6.26. The molecule has 0 saturated carbocycles. The molecule has 0 aromatic carbocycles. The van der Waals surface area contributed by atoms with Gasteiger partial charge >= 0.3 is 0 Å². The normalized spacial score (nSPS) is 26.1. The zero-order valence-corrected chi connectivity index (χ0v) is 11.7. The van der Waals surface area contributed by atoms with Gasteiger partial charge in [0.05, 0.1) is 6.04 Å². The smallest absolute Gasteiger partial charge is 0.238 e. The lowest BCUT2D eigenvalue weighted by molar-refractivity contribution is -0.122. The van der Waals surface area contributed by atoms with Gasteiger partial charge < -0.3 is 5.32 Å². The highest BCUT2D eigenvalue weighted by molar-refractivity contribution is 7.99. The van der Waals surface area contributed by atoms with Crippen molar-refractivity contribution < 1.29 is 4.79 Å². The van der Waals surface area contributed by atoms with Crippen molar-refractivity contribution in [2.75, 3.05) is 29.7 Å². The topological polar surface area (TPSA) is 41.1 Å². The number of nitrogens with one attached hydrogen (secondary N) is 2. The maximum Gasteiger partial charge on any atom is 0.238 e. The Morgan fingerprint density at radius 1 is 1.31 bits per heavy atom. The quantitative estimate of drug-likeness (QED) is 0.820. The molecule has 2 heterocycles. The largest absolute Gasteiger partial charge is 0.354 e. The van der Waals surface area contributed by atoms with E-state index < -0.39 is 0 Å². The number of carbonyl (C=O) groups excluding carboxylic acids is 1. The molecule has 1 atom stereocenters. The van der Waals surface area contributed by atoms with Gasteiger partial charge in [-0.05, 0) is 30.3 Å². The number of rotatable bonds is 3. The first-order valence-corrected chi connectivity index (χ1v) is 7.84.